The van der Waals surface area contributed by atoms with Crippen molar-refractivity contribution in [3.8, 4) is 16.9 Å². The molecule has 2 heterocycles. The minimum absolute atomic E-state index is 0.0675. The number of nitrogens with zero attached hydrogens (tertiary/aromatic N) is 3. The van der Waals surface area contributed by atoms with E-state index in [4.69, 9.17) is 11.6 Å². The lowest BCUT2D eigenvalue weighted by Crippen LogP contribution is -2.42. The van der Waals surface area contributed by atoms with Crippen molar-refractivity contribution < 1.29 is 23.5 Å². The molecule has 11 heteroatoms. The molecule has 0 aliphatic heterocycles. The number of amides is 2. The van der Waals surface area contributed by atoms with Crippen molar-refractivity contribution in [2.24, 2.45) is 0 Å². The van der Waals surface area contributed by atoms with Crippen LogP contribution in [0.1, 0.15) is 53.5 Å². The predicted molar refractivity (Wildman–Crippen MR) is 146 cm³/mol. The SMILES string of the molecule is CC1(O)CCC(NC(=O)c2cc(NC(=O)c3cc(-c4ncccc4F)c(F)cc3Cl)n(-c3ccccc3)n2)CC1. The standard InChI is InChI=1S/C29H26ClF2N5O3/c1-29(40)11-9-17(10-12-29)34-28(39)24-16-25(37(36-24)18-6-3-2-4-7-18)35-27(38)19-14-20(23(32)15-21(19)30)26-22(31)8-5-13-33-26/h2-8,13-17,40H,9-12H2,1H3,(H,34,39)(H,35,38). The molecule has 40 heavy (non-hydrogen) atoms. The molecule has 2 amide bonds. The first-order chi connectivity index (χ1) is 19.1. The third-order valence-corrected chi connectivity index (χ3v) is 7.21. The number of benzene rings is 2. The minimum Gasteiger partial charge on any atom is -0.390 e. The van der Waals surface area contributed by atoms with Crippen molar-refractivity contribution in [1.29, 1.82) is 0 Å². The monoisotopic (exact) mass is 565 g/mol. The Kier molecular flexibility index (Phi) is 7.64. The molecule has 1 aliphatic rings. The number of carbonyl (C=O) groups is 2. The second-order valence-corrected chi connectivity index (χ2v) is 10.4. The zero-order valence-corrected chi connectivity index (χ0v) is 22.3. The Morgan fingerprint density at radius 1 is 1.02 bits per heavy atom. The van der Waals surface area contributed by atoms with Crippen molar-refractivity contribution in [3.05, 3.63) is 94.8 Å². The maximum absolute atomic E-state index is 14.7. The van der Waals surface area contributed by atoms with Crippen LogP contribution in [0, 0.1) is 11.6 Å². The predicted octanol–water partition coefficient (Wildman–Crippen LogP) is 5.54. The number of rotatable bonds is 6. The van der Waals surface area contributed by atoms with Gasteiger partial charge in [0.05, 0.1) is 21.9 Å². The molecular weight excluding hydrogens is 540 g/mol. The maximum atomic E-state index is 14.7. The van der Waals surface area contributed by atoms with Crippen molar-refractivity contribution in [2.45, 2.75) is 44.2 Å². The zero-order chi connectivity index (χ0) is 28.4. The highest BCUT2D eigenvalue weighted by atomic mass is 35.5. The molecule has 206 valence electrons. The van der Waals surface area contributed by atoms with Gasteiger partial charge in [-0.05, 0) is 69.0 Å². The van der Waals surface area contributed by atoms with Gasteiger partial charge in [-0.3, -0.25) is 14.6 Å². The molecule has 5 rings (SSSR count). The van der Waals surface area contributed by atoms with Crippen molar-refractivity contribution in [1.82, 2.24) is 20.1 Å². The Balaban J connectivity index is 1.44. The number of nitrogens with one attached hydrogen (secondary N) is 2. The van der Waals surface area contributed by atoms with Gasteiger partial charge in [0, 0.05) is 23.9 Å². The molecule has 0 atom stereocenters. The summed E-state index contributed by atoms with van der Waals surface area (Å²) < 4.78 is 30.4. The molecule has 0 unspecified atom stereocenters. The zero-order valence-electron chi connectivity index (χ0n) is 21.5. The first-order valence-corrected chi connectivity index (χ1v) is 13.1. The van der Waals surface area contributed by atoms with Crippen LogP contribution < -0.4 is 10.6 Å². The van der Waals surface area contributed by atoms with Crippen LogP contribution in [-0.2, 0) is 0 Å². The van der Waals surface area contributed by atoms with Crippen molar-refractivity contribution in [3.63, 3.8) is 0 Å². The summed E-state index contributed by atoms with van der Waals surface area (Å²) in [5.41, 5.74) is -0.703. The van der Waals surface area contributed by atoms with Gasteiger partial charge < -0.3 is 15.7 Å². The van der Waals surface area contributed by atoms with Gasteiger partial charge in [0.2, 0.25) is 0 Å². The smallest absolute Gasteiger partial charge is 0.272 e. The van der Waals surface area contributed by atoms with Crippen LogP contribution in [0.15, 0.2) is 66.9 Å². The minimum atomic E-state index is -0.836. The second kappa shape index (κ2) is 11.1. The van der Waals surface area contributed by atoms with Crippen LogP contribution in [-0.4, -0.2) is 43.3 Å². The van der Waals surface area contributed by atoms with Gasteiger partial charge in [0.1, 0.15) is 23.1 Å². The molecule has 8 nitrogen and oxygen atoms in total. The van der Waals surface area contributed by atoms with E-state index in [1.807, 2.05) is 6.07 Å². The summed E-state index contributed by atoms with van der Waals surface area (Å²) in [6.45, 7) is 1.78. The van der Waals surface area contributed by atoms with E-state index in [-0.39, 0.29) is 39.4 Å². The van der Waals surface area contributed by atoms with Crippen LogP contribution in [0.2, 0.25) is 5.02 Å². The molecule has 3 N–H and O–H groups in total. The van der Waals surface area contributed by atoms with Gasteiger partial charge in [0.15, 0.2) is 5.69 Å². The van der Waals surface area contributed by atoms with E-state index < -0.39 is 29.0 Å². The first kappa shape index (κ1) is 27.4. The molecule has 0 bridgehead atoms. The van der Waals surface area contributed by atoms with Gasteiger partial charge in [-0.15, -0.1) is 0 Å². The number of carbonyl (C=O) groups excluding carboxylic acids is 2. The summed E-state index contributed by atoms with van der Waals surface area (Å²) >= 11 is 6.21. The fraction of sp³-hybridized carbons (Fsp3) is 0.241. The van der Waals surface area contributed by atoms with Crippen LogP contribution >= 0.6 is 11.6 Å². The number of hydrogen-bond donors (Lipinski definition) is 3. The highest BCUT2D eigenvalue weighted by molar-refractivity contribution is 6.34. The molecule has 2 aromatic heterocycles. The molecule has 1 saturated carbocycles. The first-order valence-electron chi connectivity index (χ1n) is 12.7. The number of pyridine rings is 1. The van der Waals surface area contributed by atoms with E-state index in [2.05, 4.69) is 20.7 Å². The Labute approximate surface area is 234 Å². The second-order valence-electron chi connectivity index (χ2n) is 10.0. The molecule has 1 fully saturated rings. The number of anilines is 1. The summed E-state index contributed by atoms with van der Waals surface area (Å²) in [5.74, 6) is -2.57. The fourth-order valence-electron chi connectivity index (χ4n) is 4.66. The van der Waals surface area contributed by atoms with Crippen LogP contribution in [0.3, 0.4) is 0 Å². The van der Waals surface area contributed by atoms with Gasteiger partial charge in [-0.1, -0.05) is 29.8 Å². The third kappa shape index (κ3) is 5.88. The molecule has 1 aliphatic carbocycles. The van der Waals surface area contributed by atoms with E-state index in [1.165, 1.54) is 23.0 Å². The van der Waals surface area contributed by atoms with Crippen LogP contribution in [0.25, 0.3) is 16.9 Å². The van der Waals surface area contributed by atoms with E-state index >= 15 is 0 Å². The van der Waals surface area contributed by atoms with Gasteiger partial charge in [0.25, 0.3) is 11.8 Å². The Bertz CT molecular complexity index is 1570. The number of aliphatic hydroxyl groups is 1. The molecule has 0 spiro atoms. The Hall–Kier alpha value is -4.15. The Morgan fingerprint density at radius 2 is 1.75 bits per heavy atom. The lowest BCUT2D eigenvalue weighted by atomic mass is 9.83. The molecular formula is C29H26ClF2N5O3. The number of hydrogen-bond acceptors (Lipinski definition) is 5. The molecule has 0 radical (unpaired) electrons. The van der Waals surface area contributed by atoms with E-state index in [0.29, 0.717) is 31.4 Å². The summed E-state index contributed by atoms with van der Waals surface area (Å²) in [6, 6.07) is 14.7. The highest BCUT2D eigenvalue weighted by Crippen LogP contribution is 2.30. The van der Waals surface area contributed by atoms with Gasteiger partial charge >= 0.3 is 0 Å². The number of halogens is 3. The van der Waals surface area contributed by atoms with E-state index in [1.54, 1.807) is 31.2 Å². The summed E-state index contributed by atoms with van der Waals surface area (Å²) in [6.07, 6.45) is 3.71. The quantitative estimate of drug-likeness (QED) is 0.284. The largest absolute Gasteiger partial charge is 0.390 e. The number of aromatic nitrogens is 3. The third-order valence-electron chi connectivity index (χ3n) is 6.90. The lowest BCUT2D eigenvalue weighted by Gasteiger charge is -2.33. The van der Waals surface area contributed by atoms with E-state index in [0.717, 1.165) is 18.2 Å². The van der Waals surface area contributed by atoms with Crippen molar-refractivity contribution >= 4 is 29.2 Å². The van der Waals surface area contributed by atoms with Crippen LogP contribution in [0.5, 0.6) is 0 Å². The fourth-order valence-corrected chi connectivity index (χ4v) is 4.90. The van der Waals surface area contributed by atoms with Crippen LogP contribution in [0.4, 0.5) is 14.6 Å². The summed E-state index contributed by atoms with van der Waals surface area (Å²) in [4.78, 5) is 30.3. The van der Waals surface area contributed by atoms with E-state index in [9.17, 15) is 23.5 Å². The lowest BCUT2D eigenvalue weighted by molar-refractivity contribution is 0.0140. The molecule has 2 aromatic carbocycles. The van der Waals surface area contributed by atoms with Gasteiger partial charge in [-0.25, -0.2) is 13.5 Å². The number of para-hydroxylation sites is 1. The topological polar surface area (TPSA) is 109 Å². The summed E-state index contributed by atoms with van der Waals surface area (Å²) in [5, 5.41) is 20.1. The Morgan fingerprint density at radius 3 is 2.45 bits per heavy atom. The normalized spacial score (nSPS) is 18.8. The average molecular weight is 566 g/mol. The summed E-state index contributed by atoms with van der Waals surface area (Å²) in [7, 11) is 0. The van der Waals surface area contributed by atoms with Gasteiger partial charge in [-0.2, -0.15) is 5.10 Å². The highest BCUT2D eigenvalue weighted by Gasteiger charge is 2.30. The molecule has 0 saturated heterocycles. The van der Waals surface area contributed by atoms with Crippen molar-refractivity contribution in [2.75, 3.05) is 5.32 Å². The maximum Gasteiger partial charge on any atom is 0.272 e. The average Bonchev–Trinajstić information content (AvgIpc) is 3.35. The molecule has 4 aromatic rings.